The Morgan fingerprint density at radius 3 is 2.59 bits per heavy atom. The number of nitrogens with zero attached hydrogens (tertiary/aromatic N) is 3. The first-order valence-electron chi connectivity index (χ1n) is 8.72. The number of hydrogen-bond acceptors (Lipinski definition) is 5. The summed E-state index contributed by atoms with van der Waals surface area (Å²) in [6.07, 6.45) is 0.408. The van der Waals surface area contributed by atoms with E-state index in [4.69, 9.17) is 0 Å². The van der Waals surface area contributed by atoms with Gasteiger partial charge in [0.2, 0.25) is 5.91 Å². The lowest BCUT2D eigenvalue weighted by atomic mass is 10.3. The van der Waals surface area contributed by atoms with Crippen molar-refractivity contribution in [2.75, 3.05) is 37.8 Å². The molecule has 27 heavy (non-hydrogen) atoms. The second-order valence-electron chi connectivity index (χ2n) is 6.34. The van der Waals surface area contributed by atoms with Crippen molar-refractivity contribution in [3.63, 3.8) is 0 Å². The molecule has 0 fully saturated rings. The number of hydrogen-bond donors (Lipinski definition) is 0. The smallest absolute Gasteiger partial charge is 0.229 e. The second-order valence-corrected chi connectivity index (χ2v) is 8.52. The molecule has 2 aromatic carbocycles. The molecule has 0 N–H and O–H groups in total. The fourth-order valence-corrected chi connectivity index (χ4v) is 4.44. The first-order chi connectivity index (χ1) is 13.0. The van der Waals surface area contributed by atoms with E-state index < -0.39 is 0 Å². The van der Waals surface area contributed by atoms with E-state index in [1.165, 1.54) is 17.4 Å². The third kappa shape index (κ3) is 5.28. The summed E-state index contributed by atoms with van der Waals surface area (Å²) in [7, 11) is 3.93. The van der Waals surface area contributed by atoms with Crippen LogP contribution in [-0.4, -0.2) is 48.7 Å². The summed E-state index contributed by atoms with van der Waals surface area (Å²) in [6.45, 7) is 1.25. The molecule has 7 heteroatoms. The Morgan fingerprint density at radius 1 is 1.11 bits per heavy atom. The van der Waals surface area contributed by atoms with Crippen LogP contribution in [0.5, 0.6) is 0 Å². The fraction of sp³-hybridized carbons (Fsp3) is 0.300. The molecule has 0 aliphatic rings. The van der Waals surface area contributed by atoms with Crippen molar-refractivity contribution in [3.8, 4) is 0 Å². The average Bonchev–Trinajstić information content (AvgIpc) is 3.08. The summed E-state index contributed by atoms with van der Waals surface area (Å²) in [4.78, 5) is 22.1. The number of carbonyl (C=O) groups excluding carboxylic acids is 1. The number of anilines is 1. The van der Waals surface area contributed by atoms with Crippen molar-refractivity contribution < 1.29 is 9.18 Å². The third-order valence-corrected chi connectivity index (χ3v) is 6.05. The van der Waals surface area contributed by atoms with Gasteiger partial charge < -0.3 is 4.90 Å². The minimum atomic E-state index is -0.352. The number of carbonyl (C=O) groups is 1. The van der Waals surface area contributed by atoms with Crippen LogP contribution in [0.4, 0.5) is 9.52 Å². The maximum atomic E-state index is 14.0. The van der Waals surface area contributed by atoms with Gasteiger partial charge in [-0.25, -0.2) is 9.37 Å². The lowest BCUT2D eigenvalue weighted by molar-refractivity contribution is -0.118. The number of aromatic nitrogens is 1. The standard InChI is InChI=1S/C20H22FN3OS2/c1-23(2)12-13-24(18(25)11-14-26-15-7-4-3-5-8-15)20-22-19-16(21)9-6-10-17(19)27-20/h3-10H,11-14H2,1-2H3. The monoisotopic (exact) mass is 403 g/mol. The van der Waals surface area contributed by atoms with E-state index in [9.17, 15) is 9.18 Å². The average molecular weight is 404 g/mol. The minimum absolute atomic E-state index is 0.0137. The molecule has 0 saturated carbocycles. The largest absolute Gasteiger partial charge is 0.308 e. The predicted octanol–water partition coefficient (Wildman–Crippen LogP) is 4.51. The lowest BCUT2D eigenvalue weighted by Gasteiger charge is -2.22. The molecule has 1 amide bonds. The summed E-state index contributed by atoms with van der Waals surface area (Å²) in [5.41, 5.74) is 0.332. The van der Waals surface area contributed by atoms with E-state index in [2.05, 4.69) is 4.98 Å². The van der Waals surface area contributed by atoms with Gasteiger partial charge in [-0.05, 0) is 38.4 Å². The molecule has 3 aromatic rings. The van der Waals surface area contributed by atoms with E-state index in [1.54, 1.807) is 22.7 Å². The van der Waals surface area contributed by atoms with E-state index in [0.717, 1.165) is 16.1 Å². The SMILES string of the molecule is CN(C)CCN(C(=O)CCSc1ccccc1)c1nc2c(F)cccc2s1. The van der Waals surface area contributed by atoms with Gasteiger partial charge in [0.1, 0.15) is 11.3 Å². The number of fused-ring (bicyclic) bond motifs is 1. The highest BCUT2D eigenvalue weighted by molar-refractivity contribution is 7.99. The molecule has 142 valence electrons. The van der Waals surface area contributed by atoms with Crippen LogP contribution in [0.15, 0.2) is 53.4 Å². The Bertz CT molecular complexity index is 899. The van der Waals surface area contributed by atoms with Gasteiger partial charge in [0.15, 0.2) is 5.13 Å². The van der Waals surface area contributed by atoms with Crippen LogP contribution in [0.1, 0.15) is 6.42 Å². The van der Waals surface area contributed by atoms with Crippen molar-refractivity contribution in [2.24, 2.45) is 0 Å². The highest BCUT2D eigenvalue weighted by Gasteiger charge is 2.20. The number of thioether (sulfide) groups is 1. The number of thiazole rings is 1. The first kappa shape index (κ1) is 19.8. The molecule has 0 spiro atoms. The lowest BCUT2D eigenvalue weighted by Crippen LogP contribution is -2.36. The fourth-order valence-electron chi connectivity index (χ4n) is 2.55. The molecule has 0 aliphatic carbocycles. The molecule has 0 atom stereocenters. The summed E-state index contributed by atoms with van der Waals surface area (Å²) < 4.78 is 14.8. The van der Waals surface area contributed by atoms with E-state index in [-0.39, 0.29) is 11.7 Å². The Morgan fingerprint density at radius 2 is 1.89 bits per heavy atom. The molecule has 0 bridgehead atoms. The Labute approximate surface area is 167 Å². The number of likely N-dealkylation sites (N-methyl/N-ethyl adjacent to an activating group) is 1. The van der Waals surface area contributed by atoms with Gasteiger partial charge in [0.25, 0.3) is 0 Å². The molecule has 3 rings (SSSR count). The summed E-state index contributed by atoms with van der Waals surface area (Å²) >= 11 is 3.02. The number of rotatable bonds is 8. The van der Waals surface area contributed by atoms with Gasteiger partial charge in [-0.3, -0.25) is 9.69 Å². The Hall–Kier alpha value is -1.96. The van der Waals surface area contributed by atoms with E-state index in [1.807, 2.05) is 55.4 Å². The second kappa shape index (κ2) is 9.30. The third-order valence-electron chi connectivity index (χ3n) is 3.99. The van der Waals surface area contributed by atoms with Crippen LogP contribution in [0.2, 0.25) is 0 Å². The molecule has 1 aromatic heterocycles. The molecule has 0 saturated heterocycles. The van der Waals surface area contributed by atoms with Crippen LogP contribution >= 0.6 is 23.1 Å². The van der Waals surface area contributed by atoms with Crippen molar-refractivity contribution in [2.45, 2.75) is 11.3 Å². The number of benzene rings is 2. The quantitative estimate of drug-likeness (QED) is 0.519. The minimum Gasteiger partial charge on any atom is -0.308 e. The topological polar surface area (TPSA) is 36.4 Å². The van der Waals surface area contributed by atoms with Crippen LogP contribution in [0, 0.1) is 5.82 Å². The maximum Gasteiger partial charge on any atom is 0.229 e. The zero-order chi connectivity index (χ0) is 19.2. The normalized spacial score (nSPS) is 11.3. The molecule has 4 nitrogen and oxygen atoms in total. The van der Waals surface area contributed by atoms with Crippen LogP contribution in [-0.2, 0) is 4.79 Å². The zero-order valence-electron chi connectivity index (χ0n) is 15.4. The van der Waals surface area contributed by atoms with Crippen LogP contribution in [0.3, 0.4) is 0 Å². The Balaban J connectivity index is 1.73. The maximum absolute atomic E-state index is 14.0. The molecular formula is C20H22FN3OS2. The van der Waals surface area contributed by atoms with Gasteiger partial charge in [0, 0.05) is 30.2 Å². The van der Waals surface area contributed by atoms with Crippen molar-refractivity contribution in [1.29, 1.82) is 0 Å². The highest BCUT2D eigenvalue weighted by Crippen LogP contribution is 2.31. The molecule has 1 heterocycles. The van der Waals surface area contributed by atoms with Crippen LogP contribution < -0.4 is 4.90 Å². The summed E-state index contributed by atoms with van der Waals surface area (Å²) in [6, 6.07) is 14.9. The van der Waals surface area contributed by atoms with Crippen molar-refractivity contribution >= 4 is 44.4 Å². The van der Waals surface area contributed by atoms with Gasteiger partial charge in [0.05, 0.1) is 4.70 Å². The van der Waals surface area contributed by atoms with Crippen molar-refractivity contribution in [1.82, 2.24) is 9.88 Å². The predicted molar refractivity (Wildman–Crippen MR) is 112 cm³/mol. The summed E-state index contributed by atoms with van der Waals surface area (Å²) in [5, 5.41) is 0.562. The van der Waals surface area contributed by atoms with Gasteiger partial charge >= 0.3 is 0 Å². The number of amides is 1. The van der Waals surface area contributed by atoms with Gasteiger partial charge in [-0.2, -0.15) is 0 Å². The van der Waals surface area contributed by atoms with Crippen LogP contribution in [0.25, 0.3) is 10.2 Å². The highest BCUT2D eigenvalue weighted by atomic mass is 32.2. The molecule has 0 radical (unpaired) electrons. The zero-order valence-corrected chi connectivity index (χ0v) is 17.0. The number of para-hydroxylation sites is 1. The first-order valence-corrected chi connectivity index (χ1v) is 10.5. The Kier molecular flexibility index (Phi) is 6.82. The van der Waals surface area contributed by atoms with Crippen molar-refractivity contribution in [3.05, 3.63) is 54.3 Å². The molecule has 0 unspecified atom stereocenters. The molecular weight excluding hydrogens is 381 g/mol. The van der Waals surface area contributed by atoms with Gasteiger partial charge in [-0.1, -0.05) is 35.6 Å². The van der Waals surface area contributed by atoms with Gasteiger partial charge in [-0.15, -0.1) is 11.8 Å². The molecule has 0 aliphatic heterocycles. The van der Waals surface area contributed by atoms with E-state index in [0.29, 0.717) is 29.4 Å². The van der Waals surface area contributed by atoms with E-state index >= 15 is 0 Å². The number of halogens is 1. The summed E-state index contributed by atoms with van der Waals surface area (Å²) in [5.74, 6) is 0.356.